The molecule has 3 unspecified atom stereocenters. The van der Waals surface area contributed by atoms with E-state index in [1.807, 2.05) is 6.92 Å². The van der Waals surface area contributed by atoms with Gasteiger partial charge < -0.3 is 5.32 Å². The Morgan fingerprint density at radius 3 is 2.70 bits per heavy atom. The predicted octanol–water partition coefficient (Wildman–Crippen LogP) is 4.89. The maximum atomic E-state index is 13.1. The summed E-state index contributed by atoms with van der Waals surface area (Å²) in [7, 11) is 0. The Morgan fingerprint density at radius 1 is 1.35 bits per heavy atom. The molecule has 0 bridgehead atoms. The number of carbonyl (C=O) groups excluding carboxylic acids is 1. The number of amides is 1. The minimum absolute atomic E-state index is 0.142. The molecule has 0 spiro atoms. The van der Waals surface area contributed by atoms with Gasteiger partial charge in [0.2, 0.25) is 0 Å². The SMILES string of the molecule is Cc1nc(CF)c(C(=O)NC2CCCCC2C(C)CC(C)C)s1. The lowest BCUT2D eigenvalue weighted by molar-refractivity contribution is 0.0880. The van der Waals surface area contributed by atoms with Crippen LogP contribution in [0.3, 0.4) is 0 Å². The molecule has 0 aliphatic heterocycles. The number of alkyl halides is 1. The molecular weight excluding hydrogens is 311 g/mol. The first kappa shape index (κ1) is 18.4. The van der Waals surface area contributed by atoms with Crippen LogP contribution >= 0.6 is 11.3 Å². The van der Waals surface area contributed by atoms with E-state index in [-0.39, 0.29) is 17.6 Å². The summed E-state index contributed by atoms with van der Waals surface area (Å²) in [5.74, 6) is 1.66. The van der Waals surface area contributed by atoms with E-state index in [0.29, 0.717) is 22.6 Å². The summed E-state index contributed by atoms with van der Waals surface area (Å²) in [4.78, 5) is 17.2. The van der Waals surface area contributed by atoms with Crippen molar-refractivity contribution < 1.29 is 9.18 Å². The zero-order chi connectivity index (χ0) is 17.0. The minimum atomic E-state index is -0.676. The Morgan fingerprint density at radius 2 is 2.04 bits per heavy atom. The van der Waals surface area contributed by atoms with Crippen LogP contribution in [0.4, 0.5) is 4.39 Å². The molecule has 130 valence electrons. The van der Waals surface area contributed by atoms with Crippen LogP contribution in [0.15, 0.2) is 0 Å². The van der Waals surface area contributed by atoms with Gasteiger partial charge in [0.05, 0.1) is 10.7 Å². The first-order valence-electron chi connectivity index (χ1n) is 8.75. The van der Waals surface area contributed by atoms with Crippen LogP contribution in [0.2, 0.25) is 0 Å². The molecule has 5 heteroatoms. The first-order chi connectivity index (χ1) is 10.9. The number of rotatable bonds is 6. The highest BCUT2D eigenvalue weighted by Crippen LogP contribution is 2.34. The van der Waals surface area contributed by atoms with Gasteiger partial charge in [-0.15, -0.1) is 11.3 Å². The molecule has 23 heavy (non-hydrogen) atoms. The van der Waals surface area contributed by atoms with Gasteiger partial charge in [-0.1, -0.05) is 33.6 Å². The van der Waals surface area contributed by atoms with Crippen molar-refractivity contribution in [2.75, 3.05) is 0 Å². The second-order valence-electron chi connectivity index (χ2n) is 7.28. The van der Waals surface area contributed by atoms with E-state index in [1.54, 1.807) is 0 Å². The van der Waals surface area contributed by atoms with Crippen LogP contribution in [0.1, 0.15) is 73.2 Å². The molecule has 2 rings (SSSR count). The Kier molecular flexibility index (Phi) is 6.57. The zero-order valence-electron chi connectivity index (χ0n) is 14.7. The van der Waals surface area contributed by atoms with E-state index in [9.17, 15) is 9.18 Å². The van der Waals surface area contributed by atoms with Crippen molar-refractivity contribution in [1.29, 1.82) is 0 Å². The summed E-state index contributed by atoms with van der Waals surface area (Å²) >= 11 is 1.29. The number of aryl methyl sites for hydroxylation is 1. The number of hydrogen-bond donors (Lipinski definition) is 1. The molecule has 3 nitrogen and oxygen atoms in total. The summed E-state index contributed by atoms with van der Waals surface area (Å²) < 4.78 is 13.1. The molecule has 1 aliphatic carbocycles. The quantitative estimate of drug-likeness (QED) is 0.801. The summed E-state index contributed by atoms with van der Waals surface area (Å²) in [6, 6.07) is 0.208. The summed E-state index contributed by atoms with van der Waals surface area (Å²) in [6.07, 6.45) is 5.80. The first-order valence-corrected chi connectivity index (χ1v) is 9.57. The lowest BCUT2D eigenvalue weighted by Gasteiger charge is -2.36. The fourth-order valence-corrected chi connectivity index (χ4v) is 4.73. The Hall–Kier alpha value is -0.970. The topological polar surface area (TPSA) is 42.0 Å². The molecule has 1 fully saturated rings. The molecule has 0 aromatic carbocycles. The van der Waals surface area contributed by atoms with Crippen molar-refractivity contribution >= 4 is 17.2 Å². The van der Waals surface area contributed by atoms with Gasteiger partial charge in [-0.05, 0) is 43.9 Å². The Balaban J connectivity index is 2.07. The number of hydrogen-bond acceptors (Lipinski definition) is 3. The van der Waals surface area contributed by atoms with Crippen molar-refractivity contribution in [1.82, 2.24) is 10.3 Å². The van der Waals surface area contributed by atoms with Crippen molar-refractivity contribution in [2.24, 2.45) is 17.8 Å². The maximum Gasteiger partial charge on any atom is 0.263 e. The van der Waals surface area contributed by atoms with E-state index in [0.717, 1.165) is 17.8 Å². The van der Waals surface area contributed by atoms with E-state index in [4.69, 9.17) is 0 Å². The highest BCUT2D eigenvalue weighted by atomic mass is 32.1. The second kappa shape index (κ2) is 8.22. The summed E-state index contributed by atoms with van der Waals surface area (Å²) in [6.45, 7) is 7.94. The highest BCUT2D eigenvalue weighted by molar-refractivity contribution is 7.13. The van der Waals surface area contributed by atoms with Crippen LogP contribution in [0.5, 0.6) is 0 Å². The van der Waals surface area contributed by atoms with Gasteiger partial charge in [-0.2, -0.15) is 0 Å². The van der Waals surface area contributed by atoms with Gasteiger partial charge in [0.1, 0.15) is 11.6 Å². The monoisotopic (exact) mass is 340 g/mol. The predicted molar refractivity (Wildman–Crippen MR) is 93.5 cm³/mol. The Labute approximate surface area is 143 Å². The number of nitrogens with zero attached hydrogens (tertiary/aromatic N) is 1. The molecule has 1 aromatic heterocycles. The van der Waals surface area contributed by atoms with Gasteiger partial charge in [0, 0.05) is 6.04 Å². The second-order valence-corrected chi connectivity index (χ2v) is 8.48. The molecule has 1 saturated carbocycles. The standard InChI is InChI=1S/C18H29FN2OS/c1-11(2)9-12(3)14-7-5-6-8-15(14)21-18(22)17-16(10-19)20-13(4)23-17/h11-12,14-15H,5-10H2,1-4H3,(H,21,22). The molecule has 3 atom stereocenters. The van der Waals surface area contributed by atoms with E-state index in [2.05, 4.69) is 31.1 Å². The molecule has 1 amide bonds. The van der Waals surface area contributed by atoms with Crippen LogP contribution in [-0.4, -0.2) is 16.9 Å². The maximum absolute atomic E-state index is 13.1. The molecule has 1 aromatic rings. The number of nitrogens with one attached hydrogen (secondary N) is 1. The smallest absolute Gasteiger partial charge is 0.263 e. The van der Waals surface area contributed by atoms with Crippen LogP contribution in [0, 0.1) is 24.7 Å². The average Bonchev–Trinajstić information content (AvgIpc) is 2.88. The minimum Gasteiger partial charge on any atom is -0.348 e. The van der Waals surface area contributed by atoms with Gasteiger partial charge in [-0.3, -0.25) is 4.79 Å². The number of halogens is 1. The van der Waals surface area contributed by atoms with Crippen molar-refractivity contribution in [2.45, 2.75) is 72.5 Å². The van der Waals surface area contributed by atoms with Crippen molar-refractivity contribution in [3.05, 3.63) is 15.6 Å². The van der Waals surface area contributed by atoms with Gasteiger partial charge >= 0.3 is 0 Å². The largest absolute Gasteiger partial charge is 0.348 e. The fourth-order valence-electron chi connectivity index (χ4n) is 3.91. The number of carbonyl (C=O) groups is 1. The lowest BCUT2D eigenvalue weighted by Crippen LogP contribution is -2.44. The van der Waals surface area contributed by atoms with Crippen LogP contribution < -0.4 is 5.32 Å². The molecular formula is C18H29FN2OS. The zero-order valence-corrected chi connectivity index (χ0v) is 15.5. The van der Waals surface area contributed by atoms with E-state index >= 15 is 0 Å². The van der Waals surface area contributed by atoms with E-state index < -0.39 is 6.67 Å². The lowest BCUT2D eigenvalue weighted by atomic mass is 9.74. The fraction of sp³-hybridized carbons (Fsp3) is 0.778. The third kappa shape index (κ3) is 4.75. The highest BCUT2D eigenvalue weighted by Gasteiger charge is 2.31. The van der Waals surface area contributed by atoms with Crippen molar-refractivity contribution in [3.8, 4) is 0 Å². The third-order valence-corrected chi connectivity index (χ3v) is 5.86. The van der Waals surface area contributed by atoms with Crippen molar-refractivity contribution in [3.63, 3.8) is 0 Å². The van der Waals surface area contributed by atoms with Gasteiger partial charge in [0.25, 0.3) is 5.91 Å². The average molecular weight is 341 g/mol. The molecule has 1 N–H and O–H groups in total. The molecule has 0 radical (unpaired) electrons. The number of aromatic nitrogens is 1. The number of thiazole rings is 1. The molecule has 1 heterocycles. The Bertz CT molecular complexity index is 529. The molecule has 0 saturated heterocycles. The van der Waals surface area contributed by atoms with Crippen LogP contribution in [-0.2, 0) is 6.67 Å². The van der Waals surface area contributed by atoms with E-state index in [1.165, 1.54) is 30.6 Å². The van der Waals surface area contributed by atoms with Gasteiger partial charge in [-0.25, -0.2) is 9.37 Å². The molecule has 1 aliphatic rings. The summed E-state index contributed by atoms with van der Waals surface area (Å²) in [5.41, 5.74) is 0.285. The summed E-state index contributed by atoms with van der Waals surface area (Å²) in [5, 5.41) is 3.94. The van der Waals surface area contributed by atoms with Crippen LogP contribution in [0.25, 0.3) is 0 Å². The normalized spacial score (nSPS) is 23.0. The third-order valence-electron chi connectivity index (χ3n) is 4.85. The van der Waals surface area contributed by atoms with Gasteiger partial charge in [0.15, 0.2) is 0 Å².